The second-order valence-electron chi connectivity index (χ2n) is 7.45. The van der Waals surface area contributed by atoms with Crippen LogP contribution in [0.5, 0.6) is 5.75 Å². The summed E-state index contributed by atoms with van der Waals surface area (Å²) in [7, 11) is 0. The zero-order chi connectivity index (χ0) is 22.1. The quantitative estimate of drug-likeness (QED) is 0.558. The lowest BCUT2D eigenvalue weighted by Crippen LogP contribution is -2.49. The maximum atomic E-state index is 12.7. The lowest BCUT2D eigenvalue weighted by molar-refractivity contribution is -0.174. The molecular weight excluding hydrogens is 409 g/mol. The van der Waals surface area contributed by atoms with Crippen molar-refractivity contribution in [2.24, 2.45) is 0 Å². The Hall–Kier alpha value is -2.58. The van der Waals surface area contributed by atoms with E-state index < -0.39 is 12.8 Å². The van der Waals surface area contributed by atoms with Gasteiger partial charge in [0.1, 0.15) is 19.0 Å². The van der Waals surface area contributed by atoms with Gasteiger partial charge in [0.25, 0.3) is 5.91 Å². The molecule has 0 aromatic heterocycles. The molecule has 0 radical (unpaired) electrons. The molecule has 1 heterocycles. The first kappa shape index (κ1) is 23.1. The number of nitrogens with zero attached hydrogens (tertiary/aromatic N) is 2. The van der Waals surface area contributed by atoms with E-state index in [1.165, 1.54) is 0 Å². The van der Waals surface area contributed by atoms with Crippen LogP contribution in [-0.2, 0) is 11.3 Å². The normalized spacial score (nSPS) is 15.1. The molecule has 1 aliphatic rings. The van der Waals surface area contributed by atoms with Crippen molar-refractivity contribution in [1.82, 2.24) is 9.80 Å². The van der Waals surface area contributed by atoms with Gasteiger partial charge in [-0.25, -0.2) is 0 Å². The zero-order valence-electron chi connectivity index (χ0n) is 17.3. The van der Waals surface area contributed by atoms with Gasteiger partial charge in [0.05, 0.1) is 0 Å². The molecule has 0 atom stereocenters. The number of para-hydroxylation sites is 1. The average Bonchev–Trinajstić information content (AvgIpc) is 2.78. The van der Waals surface area contributed by atoms with E-state index in [2.05, 4.69) is 9.64 Å². The molecule has 0 N–H and O–H groups in total. The maximum Gasteiger partial charge on any atom is 0.411 e. The lowest BCUT2D eigenvalue weighted by atomic mass is 10.1. The molecule has 2 aromatic rings. The fourth-order valence-corrected chi connectivity index (χ4v) is 3.36. The molecular formula is C23H27F3N2O3. The molecule has 0 spiro atoms. The Morgan fingerprint density at radius 2 is 1.61 bits per heavy atom. The smallest absolute Gasteiger partial charge is 0.411 e. The largest absolute Gasteiger partial charge is 0.489 e. The van der Waals surface area contributed by atoms with Crippen LogP contribution in [0.3, 0.4) is 0 Å². The summed E-state index contributed by atoms with van der Waals surface area (Å²) in [5.74, 6) is 0.788. The van der Waals surface area contributed by atoms with Crippen LogP contribution < -0.4 is 4.74 Å². The average molecular weight is 436 g/mol. The minimum atomic E-state index is -4.28. The van der Waals surface area contributed by atoms with Gasteiger partial charge in [0.15, 0.2) is 0 Å². The van der Waals surface area contributed by atoms with Gasteiger partial charge in [-0.3, -0.25) is 9.69 Å². The molecule has 31 heavy (non-hydrogen) atoms. The Morgan fingerprint density at radius 1 is 0.935 bits per heavy atom. The number of rotatable bonds is 9. The molecule has 1 fully saturated rings. The third-order valence-corrected chi connectivity index (χ3v) is 5.04. The van der Waals surface area contributed by atoms with Crippen molar-refractivity contribution in [2.75, 3.05) is 45.9 Å². The fourth-order valence-electron chi connectivity index (χ4n) is 3.36. The summed E-state index contributed by atoms with van der Waals surface area (Å²) in [5, 5.41) is 0. The van der Waals surface area contributed by atoms with Crippen LogP contribution in [-0.4, -0.2) is 67.8 Å². The molecule has 168 valence electrons. The van der Waals surface area contributed by atoms with Crippen LogP contribution >= 0.6 is 0 Å². The summed E-state index contributed by atoms with van der Waals surface area (Å²) >= 11 is 0. The molecule has 8 heteroatoms. The van der Waals surface area contributed by atoms with Crippen molar-refractivity contribution < 1.29 is 27.4 Å². The van der Waals surface area contributed by atoms with Gasteiger partial charge in [0.2, 0.25) is 0 Å². The van der Waals surface area contributed by atoms with Gasteiger partial charge < -0.3 is 14.4 Å². The van der Waals surface area contributed by atoms with Crippen LogP contribution in [0.25, 0.3) is 0 Å². The van der Waals surface area contributed by atoms with Crippen LogP contribution in [0.1, 0.15) is 22.3 Å². The number of carbonyl (C=O) groups excluding carboxylic acids is 1. The third-order valence-electron chi connectivity index (χ3n) is 5.04. The number of benzene rings is 2. The highest BCUT2D eigenvalue weighted by Gasteiger charge is 2.27. The van der Waals surface area contributed by atoms with Crippen LogP contribution in [0, 0.1) is 0 Å². The van der Waals surface area contributed by atoms with Gasteiger partial charge in [0, 0.05) is 44.9 Å². The Bertz CT molecular complexity index is 805. The van der Waals surface area contributed by atoms with Crippen LogP contribution in [0.15, 0.2) is 54.6 Å². The van der Waals surface area contributed by atoms with E-state index in [0.717, 1.165) is 11.3 Å². The Balaban J connectivity index is 1.37. The summed E-state index contributed by atoms with van der Waals surface area (Å²) in [6.45, 7) is 2.58. The molecule has 1 amide bonds. The molecule has 0 bridgehead atoms. The highest BCUT2D eigenvalue weighted by Crippen LogP contribution is 2.15. The molecule has 2 aromatic carbocycles. The summed E-state index contributed by atoms with van der Waals surface area (Å²) in [6.07, 6.45) is -3.74. The van der Waals surface area contributed by atoms with E-state index in [1.807, 2.05) is 59.5 Å². The van der Waals surface area contributed by atoms with E-state index in [-0.39, 0.29) is 12.5 Å². The number of alkyl halides is 3. The van der Waals surface area contributed by atoms with Crippen LogP contribution in [0.4, 0.5) is 13.2 Å². The topological polar surface area (TPSA) is 42.0 Å². The number of piperazine rings is 1. The minimum Gasteiger partial charge on any atom is -0.489 e. The number of carbonyl (C=O) groups is 1. The van der Waals surface area contributed by atoms with Crippen molar-refractivity contribution in [2.45, 2.75) is 19.2 Å². The maximum absolute atomic E-state index is 12.7. The van der Waals surface area contributed by atoms with Crippen LogP contribution in [0.2, 0.25) is 0 Å². The number of amides is 1. The predicted molar refractivity (Wildman–Crippen MR) is 111 cm³/mol. The Kier molecular flexibility index (Phi) is 8.31. The Morgan fingerprint density at radius 3 is 2.26 bits per heavy atom. The molecule has 0 aliphatic carbocycles. The number of hydrogen-bond donors (Lipinski definition) is 0. The van der Waals surface area contributed by atoms with Crippen molar-refractivity contribution in [3.05, 3.63) is 65.7 Å². The van der Waals surface area contributed by atoms with Gasteiger partial charge in [-0.1, -0.05) is 30.3 Å². The van der Waals surface area contributed by atoms with Crippen molar-refractivity contribution in [3.63, 3.8) is 0 Å². The zero-order valence-corrected chi connectivity index (χ0v) is 17.3. The molecule has 5 nitrogen and oxygen atoms in total. The fraction of sp³-hybridized carbons (Fsp3) is 0.435. The molecule has 1 aliphatic heterocycles. The summed E-state index contributed by atoms with van der Waals surface area (Å²) in [5.41, 5.74) is 1.62. The van der Waals surface area contributed by atoms with E-state index >= 15 is 0 Å². The first-order chi connectivity index (χ1) is 14.9. The predicted octanol–water partition coefficient (Wildman–Crippen LogP) is 3.99. The number of ether oxygens (including phenoxy) is 2. The summed E-state index contributed by atoms with van der Waals surface area (Å²) in [6, 6.07) is 17.0. The van der Waals surface area contributed by atoms with Gasteiger partial charge in [-0.05, 0) is 36.2 Å². The van der Waals surface area contributed by atoms with E-state index in [4.69, 9.17) is 4.74 Å². The summed E-state index contributed by atoms with van der Waals surface area (Å²) in [4.78, 5) is 16.7. The van der Waals surface area contributed by atoms with Crippen molar-refractivity contribution >= 4 is 5.91 Å². The molecule has 3 rings (SSSR count). The first-order valence-corrected chi connectivity index (χ1v) is 10.3. The van der Waals surface area contributed by atoms with Crippen molar-refractivity contribution in [3.8, 4) is 5.75 Å². The van der Waals surface area contributed by atoms with Gasteiger partial charge in [-0.2, -0.15) is 13.2 Å². The van der Waals surface area contributed by atoms with Gasteiger partial charge >= 0.3 is 6.18 Å². The first-order valence-electron chi connectivity index (χ1n) is 10.3. The van der Waals surface area contributed by atoms with E-state index in [1.54, 1.807) is 0 Å². The molecule has 0 unspecified atom stereocenters. The minimum absolute atomic E-state index is 0.0105. The van der Waals surface area contributed by atoms with E-state index in [9.17, 15) is 18.0 Å². The second kappa shape index (κ2) is 11.2. The lowest BCUT2D eigenvalue weighted by Gasteiger charge is -2.34. The standard InChI is InChI=1S/C23H27F3N2O3/c24-23(25,26)18-30-16-4-11-27-12-14-28(15-13-27)22(29)20-9-7-19(8-10-20)17-31-21-5-2-1-3-6-21/h1-3,5-10H,4,11-18H2. The Labute approximate surface area is 180 Å². The number of hydrogen-bond acceptors (Lipinski definition) is 4. The monoisotopic (exact) mass is 436 g/mol. The highest BCUT2D eigenvalue weighted by atomic mass is 19.4. The highest BCUT2D eigenvalue weighted by molar-refractivity contribution is 5.94. The number of halogens is 3. The van der Waals surface area contributed by atoms with Gasteiger partial charge in [-0.15, -0.1) is 0 Å². The molecule has 1 saturated heterocycles. The van der Waals surface area contributed by atoms with E-state index in [0.29, 0.717) is 51.3 Å². The summed E-state index contributed by atoms with van der Waals surface area (Å²) < 4.78 is 46.5. The SMILES string of the molecule is O=C(c1ccc(COc2ccccc2)cc1)N1CCN(CCCOCC(F)(F)F)CC1. The molecule has 0 saturated carbocycles. The second-order valence-corrected chi connectivity index (χ2v) is 7.45. The van der Waals surface area contributed by atoms with Crippen molar-refractivity contribution in [1.29, 1.82) is 0 Å². The third kappa shape index (κ3) is 7.88.